The van der Waals surface area contributed by atoms with E-state index in [-0.39, 0.29) is 24.2 Å². The topological polar surface area (TPSA) is 58.8 Å². The van der Waals surface area contributed by atoms with Crippen LogP contribution in [0.15, 0.2) is 24.3 Å². The van der Waals surface area contributed by atoms with Crippen LogP contribution in [0.25, 0.3) is 0 Å². The van der Waals surface area contributed by atoms with Gasteiger partial charge in [-0.15, -0.1) is 0 Å². The zero-order chi connectivity index (χ0) is 18.3. The smallest absolute Gasteiger partial charge is 0.253 e. The van der Waals surface area contributed by atoms with Crippen molar-refractivity contribution in [1.29, 1.82) is 0 Å². The number of hydrogen-bond donors (Lipinski definition) is 1. The predicted molar refractivity (Wildman–Crippen MR) is 102 cm³/mol. The molecule has 5 unspecified atom stereocenters. The van der Waals surface area contributed by atoms with Crippen LogP contribution in [0.1, 0.15) is 42.6 Å². The largest absolute Gasteiger partial charge is 0.373 e. The highest BCUT2D eigenvalue weighted by atomic mass is 16.5. The van der Waals surface area contributed by atoms with Crippen molar-refractivity contribution in [1.82, 2.24) is 9.80 Å². The van der Waals surface area contributed by atoms with Crippen LogP contribution >= 0.6 is 0 Å². The van der Waals surface area contributed by atoms with Crippen LogP contribution < -0.4 is 5.73 Å². The van der Waals surface area contributed by atoms with Gasteiger partial charge in [-0.05, 0) is 56.2 Å². The third kappa shape index (κ3) is 3.66. The Hall–Kier alpha value is -1.43. The molecule has 2 saturated heterocycles. The minimum absolute atomic E-state index is 0.159. The Morgan fingerprint density at radius 2 is 1.77 bits per heavy atom. The molecule has 2 aliphatic heterocycles. The van der Waals surface area contributed by atoms with Crippen LogP contribution in [0, 0.1) is 11.8 Å². The fraction of sp³-hybridized carbons (Fsp3) is 0.667. The summed E-state index contributed by atoms with van der Waals surface area (Å²) in [6.07, 6.45) is 2.84. The van der Waals surface area contributed by atoms with E-state index in [9.17, 15) is 4.79 Å². The van der Waals surface area contributed by atoms with Crippen LogP contribution in [-0.4, -0.2) is 60.1 Å². The van der Waals surface area contributed by atoms with Gasteiger partial charge >= 0.3 is 0 Å². The third-order valence-electron chi connectivity index (χ3n) is 6.30. The van der Waals surface area contributed by atoms with E-state index < -0.39 is 0 Å². The van der Waals surface area contributed by atoms with Crippen LogP contribution in [0.4, 0.5) is 0 Å². The second-order valence-corrected chi connectivity index (χ2v) is 8.52. The first-order valence-electron chi connectivity index (χ1n) is 10.0. The number of carbonyl (C=O) groups excluding carboxylic acids is 1. The van der Waals surface area contributed by atoms with E-state index in [0.717, 1.165) is 44.7 Å². The summed E-state index contributed by atoms with van der Waals surface area (Å²) in [5.74, 6) is 1.27. The molecule has 5 nitrogen and oxygen atoms in total. The SMILES string of the molecule is CC1CN(Cc2ccc(C(=O)N3CC4CCC(N)C4C3)cc2)CC(C)O1. The molecule has 1 aromatic carbocycles. The number of hydrogen-bond acceptors (Lipinski definition) is 4. The lowest BCUT2D eigenvalue weighted by atomic mass is 9.98. The maximum atomic E-state index is 12.8. The standard InChI is InChI=1S/C21H31N3O2/c1-14-9-23(10-15(2)26-14)11-16-3-5-17(6-4-16)21(25)24-12-18-7-8-20(22)19(18)13-24/h3-6,14-15,18-20H,7-13,22H2,1-2H3. The van der Waals surface area contributed by atoms with Crippen molar-refractivity contribution in [2.75, 3.05) is 26.2 Å². The van der Waals surface area contributed by atoms with E-state index in [1.165, 1.54) is 12.0 Å². The van der Waals surface area contributed by atoms with Gasteiger partial charge in [-0.2, -0.15) is 0 Å². The van der Waals surface area contributed by atoms with Crippen LogP contribution in [0.5, 0.6) is 0 Å². The Morgan fingerprint density at radius 3 is 2.42 bits per heavy atom. The highest BCUT2D eigenvalue weighted by Crippen LogP contribution is 2.37. The van der Waals surface area contributed by atoms with Crippen molar-refractivity contribution in [2.45, 2.75) is 51.5 Å². The molecular weight excluding hydrogens is 326 g/mol. The number of carbonyl (C=O) groups is 1. The molecule has 5 heteroatoms. The van der Waals surface area contributed by atoms with E-state index >= 15 is 0 Å². The molecule has 0 aromatic heterocycles. The fourth-order valence-electron chi connectivity index (χ4n) is 5.08. The van der Waals surface area contributed by atoms with Crippen molar-refractivity contribution in [3.8, 4) is 0 Å². The number of nitrogens with zero attached hydrogens (tertiary/aromatic N) is 2. The quantitative estimate of drug-likeness (QED) is 0.900. The molecule has 2 N–H and O–H groups in total. The van der Waals surface area contributed by atoms with Crippen molar-refractivity contribution < 1.29 is 9.53 Å². The summed E-state index contributed by atoms with van der Waals surface area (Å²) in [5, 5.41) is 0. The first-order valence-corrected chi connectivity index (χ1v) is 10.0. The zero-order valence-corrected chi connectivity index (χ0v) is 15.9. The Labute approximate surface area is 156 Å². The molecule has 1 aliphatic carbocycles. The minimum atomic E-state index is 0.159. The molecule has 1 saturated carbocycles. The van der Waals surface area contributed by atoms with Crippen molar-refractivity contribution in [2.24, 2.45) is 17.6 Å². The highest BCUT2D eigenvalue weighted by molar-refractivity contribution is 5.94. The molecule has 0 spiro atoms. The lowest BCUT2D eigenvalue weighted by Gasteiger charge is -2.35. The molecule has 26 heavy (non-hydrogen) atoms. The normalized spacial score (nSPS) is 34.9. The van der Waals surface area contributed by atoms with Gasteiger partial charge in [0.05, 0.1) is 12.2 Å². The highest BCUT2D eigenvalue weighted by Gasteiger charge is 2.42. The molecule has 0 bridgehead atoms. The number of rotatable bonds is 3. The molecule has 1 aromatic rings. The molecule has 2 heterocycles. The summed E-state index contributed by atoms with van der Waals surface area (Å²) < 4.78 is 5.80. The lowest BCUT2D eigenvalue weighted by Crippen LogP contribution is -2.44. The lowest BCUT2D eigenvalue weighted by molar-refractivity contribution is -0.0704. The zero-order valence-electron chi connectivity index (χ0n) is 15.9. The van der Waals surface area contributed by atoms with Crippen LogP contribution in [-0.2, 0) is 11.3 Å². The van der Waals surface area contributed by atoms with Gasteiger partial charge in [0.1, 0.15) is 0 Å². The maximum absolute atomic E-state index is 12.8. The molecule has 4 rings (SSSR count). The van der Waals surface area contributed by atoms with Gasteiger partial charge in [-0.1, -0.05) is 12.1 Å². The monoisotopic (exact) mass is 357 g/mol. The Balaban J connectivity index is 1.36. The maximum Gasteiger partial charge on any atom is 0.253 e. The number of morpholine rings is 1. The van der Waals surface area contributed by atoms with E-state index in [1.807, 2.05) is 17.0 Å². The van der Waals surface area contributed by atoms with Gasteiger partial charge in [0.2, 0.25) is 0 Å². The summed E-state index contributed by atoms with van der Waals surface area (Å²) in [4.78, 5) is 17.3. The van der Waals surface area contributed by atoms with E-state index in [0.29, 0.717) is 11.8 Å². The van der Waals surface area contributed by atoms with Gasteiger partial charge in [0.25, 0.3) is 5.91 Å². The van der Waals surface area contributed by atoms with Crippen LogP contribution in [0.3, 0.4) is 0 Å². The first-order chi connectivity index (χ1) is 12.5. The van der Waals surface area contributed by atoms with Crippen molar-refractivity contribution >= 4 is 5.91 Å². The number of amides is 1. The molecule has 5 atom stereocenters. The van der Waals surface area contributed by atoms with Gasteiger partial charge in [0, 0.05) is 44.3 Å². The van der Waals surface area contributed by atoms with Gasteiger partial charge in [-0.3, -0.25) is 9.69 Å². The van der Waals surface area contributed by atoms with E-state index in [1.54, 1.807) is 0 Å². The predicted octanol–water partition coefficient (Wildman–Crippen LogP) is 2.11. The number of fused-ring (bicyclic) bond motifs is 1. The summed E-state index contributed by atoms with van der Waals surface area (Å²) in [6.45, 7) is 8.79. The molecule has 142 valence electrons. The number of nitrogens with two attached hydrogens (primary N) is 1. The average molecular weight is 357 g/mol. The first kappa shape index (κ1) is 18.0. The fourth-order valence-corrected chi connectivity index (χ4v) is 5.08. The summed E-state index contributed by atoms with van der Waals surface area (Å²) in [7, 11) is 0. The summed E-state index contributed by atoms with van der Waals surface area (Å²) in [6, 6.07) is 8.44. The van der Waals surface area contributed by atoms with Gasteiger partial charge in [-0.25, -0.2) is 0 Å². The summed E-state index contributed by atoms with van der Waals surface area (Å²) in [5.41, 5.74) is 8.25. The Morgan fingerprint density at radius 1 is 1.08 bits per heavy atom. The molecular formula is C21H31N3O2. The van der Waals surface area contributed by atoms with E-state index in [4.69, 9.17) is 10.5 Å². The molecule has 0 radical (unpaired) electrons. The van der Waals surface area contributed by atoms with Gasteiger partial charge in [0.15, 0.2) is 0 Å². The average Bonchev–Trinajstić information content (AvgIpc) is 3.16. The van der Waals surface area contributed by atoms with E-state index in [2.05, 4.69) is 30.9 Å². The third-order valence-corrected chi connectivity index (χ3v) is 6.30. The minimum Gasteiger partial charge on any atom is -0.373 e. The number of benzene rings is 1. The van der Waals surface area contributed by atoms with Crippen molar-refractivity contribution in [3.63, 3.8) is 0 Å². The number of ether oxygens (including phenoxy) is 1. The van der Waals surface area contributed by atoms with Gasteiger partial charge < -0.3 is 15.4 Å². The molecule has 1 amide bonds. The summed E-state index contributed by atoms with van der Waals surface area (Å²) >= 11 is 0. The second-order valence-electron chi connectivity index (χ2n) is 8.52. The number of likely N-dealkylation sites (tertiary alicyclic amines) is 1. The second kappa shape index (κ2) is 7.29. The van der Waals surface area contributed by atoms with Crippen molar-refractivity contribution in [3.05, 3.63) is 35.4 Å². The Kier molecular flexibility index (Phi) is 5.04. The van der Waals surface area contributed by atoms with Crippen LogP contribution in [0.2, 0.25) is 0 Å². The Bertz CT molecular complexity index is 637. The molecule has 3 aliphatic rings. The molecule has 3 fully saturated rings.